The minimum atomic E-state index is -0.659. The van der Waals surface area contributed by atoms with Crippen molar-refractivity contribution in [1.82, 2.24) is 4.57 Å². The van der Waals surface area contributed by atoms with Gasteiger partial charge in [0.2, 0.25) is 0 Å². The highest BCUT2D eigenvalue weighted by atomic mass is 19.1. The van der Waals surface area contributed by atoms with Gasteiger partial charge in [0.15, 0.2) is 0 Å². The van der Waals surface area contributed by atoms with Crippen LogP contribution in [0.25, 0.3) is 0 Å². The van der Waals surface area contributed by atoms with Crippen LogP contribution < -0.4 is 11.3 Å². The first-order valence-corrected chi connectivity index (χ1v) is 5.43. The van der Waals surface area contributed by atoms with E-state index in [1.54, 1.807) is 18.3 Å². The SMILES string of the molecule is NCc1cccn(Cc2cc(F)cc(F)c2)c1=O. The highest BCUT2D eigenvalue weighted by Crippen LogP contribution is 2.09. The first-order chi connectivity index (χ1) is 8.60. The highest BCUT2D eigenvalue weighted by Gasteiger charge is 2.05. The van der Waals surface area contributed by atoms with E-state index in [9.17, 15) is 13.6 Å². The molecule has 3 nitrogen and oxygen atoms in total. The molecule has 0 atom stereocenters. The zero-order valence-electron chi connectivity index (χ0n) is 9.57. The fourth-order valence-corrected chi connectivity index (χ4v) is 1.77. The van der Waals surface area contributed by atoms with Crippen LogP contribution in [0.1, 0.15) is 11.1 Å². The number of nitrogens with two attached hydrogens (primary N) is 1. The van der Waals surface area contributed by atoms with Gasteiger partial charge in [-0.1, -0.05) is 6.07 Å². The maximum absolute atomic E-state index is 13.0. The molecule has 5 heteroatoms. The van der Waals surface area contributed by atoms with Gasteiger partial charge in [0, 0.05) is 24.4 Å². The lowest BCUT2D eigenvalue weighted by Gasteiger charge is -2.07. The van der Waals surface area contributed by atoms with Crippen LogP contribution in [0.5, 0.6) is 0 Å². The second-order valence-electron chi connectivity index (χ2n) is 3.95. The zero-order valence-corrected chi connectivity index (χ0v) is 9.57. The Morgan fingerprint density at radius 1 is 1.17 bits per heavy atom. The molecule has 0 amide bonds. The number of hydrogen-bond donors (Lipinski definition) is 1. The van der Waals surface area contributed by atoms with Crippen molar-refractivity contribution < 1.29 is 8.78 Å². The Morgan fingerprint density at radius 2 is 1.83 bits per heavy atom. The third-order valence-electron chi connectivity index (χ3n) is 2.59. The Hall–Kier alpha value is -2.01. The Morgan fingerprint density at radius 3 is 2.44 bits per heavy atom. The summed E-state index contributed by atoms with van der Waals surface area (Å²) in [7, 11) is 0. The number of rotatable bonds is 3. The van der Waals surface area contributed by atoms with Crippen LogP contribution in [0.15, 0.2) is 41.3 Å². The van der Waals surface area contributed by atoms with Gasteiger partial charge in [-0.15, -0.1) is 0 Å². The lowest BCUT2D eigenvalue weighted by molar-refractivity contribution is 0.576. The Labute approximate surface area is 102 Å². The summed E-state index contributed by atoms with van der Waals surface area (Å²) in [6.45, 7) is 0.249. The van der Waals surface area contributed by atoms with Crippen LogP contribution in [-0.2, 0) is 13.1 Å². The summed E-state index contributed by atoms with van der Waals surface area (Å²) in [6, 6.07) is 6.50. The predicted molar refractivity (Wildman–Crippen MR) is 64.1 cm³/mol. The summed E-state index contributed by atoms with van der Waals surface area (Å²) in [5.74, 6) is -1.32. The molecule has 1 aromatic carbocycles. The van der Waals surface area contributed by atoms with Crippen LogP contribution in [0.2, 0.25) is 0 Å². The maximum Gasteiger partial charge on any atom is 0.255 e. The Kier molecular flexibility index (Phi) is 3.53. The quantitative estimate of drug-likeness (QED) is 0.900. The van der Waals surface area contributed by atoms with Crippen molar-refractivity contribution in [3.8, 4) is 0 Å². The Bertz CT molecular complexity index is 602. The monoisotopic (exact) mass is 250 g/mol. The van der Waals surface area contributed by atoms with Crippen molar-refractivity contribution >= 4 is 0 Å². The van der Waals surface area contributed by atoms with Crippen LogP contribution in [0.3, 0.4) is 0 Å². The molecular formula is C13H12F2N2O. The van der Waals surface area contributed by atoms with E-state index in [0.717, 1.165) is 6.07 Å². The van der Waals surface area contributed by atoms with Crippen molar-refractivity contribution in [2.45, 2.75) is 13.1 Å². The number of pyridine rings is 1. The molecule has 0 aliphatic carbocycles. The largest absolute Gasteiger partial charge is 0.326 e. The molecule has 18 heavy (non-hydrogen) atoms. The molecule has 0 spiro atoms. The third-order valence-corrected chi connectivity index (χ3v) is 2.59. The van der Waals surface area contributed by atoms with Gasteiger partial charge in [-0.25, -0.2) is 8.78 Å². The van der Waals surface area contributed by atoms with Gasteiger partial charge in [-0.05, 0) is 23.8 Å². The molecule has 0 saturated heterocycles. The standard InChI is InChI=1S/C13H12F2N2O/c14-11-4-9(5-12(15)6-11)8-17-3-1-2-10(7-16)13(17)18/h1-6H,7-8,16H2. The summed E-state index contributed by atoms with van der Waals surface area (Å²) in [4.78, 5) is 11.9. The zero-order chi connectivity index (χ0) is 13.1. The summed E-state index contributed by atoms with van der Waals surface area (Å²) in [5, 5.41) is 0. The lowest BCUT2D eigenvalue weighted by atomic mass is 10.2. The van der Waals surface area contributed by atoms with E-state index in [1.807, 2.05) is 0 Å². The van der Waals surface area contributed by atoms with E-state index < -0.39 is 11.6 Å². The number of halogens is 2. The van der Waals surface area contributed by atoms with E-state index in [4.69, 9.17) is 5.73 Å². The molecule has 0 fully saturated rings. The van der Waals surface area contributed by atoms with E-state index in [-0.39, 0.29) is 18.6 Å². The molecular weight excluding hydrogens is 238 g/mol. The van der Waals surface area contributed by atoms with Crippen LogP contribution in [-0.4, -0.2) is 4.57 Å². The molecule has 2 rings (SSSR count). The summed E-state index contributed by atoms with van der Waals surface area (Å²) < 4.78 is 27.4. The molecule has 1 aromatic heterocycles. The average Bonchev–Trinajstić information content (AvgIpc) is 2.30. The molecule has 1 heterocycles. The second kappa shape index (κ2) is 5.10. The number of nitrogens with zero attached hydrogens (tertiary/aromatic N) is 1. The minimum Gasteiger partial charge on any atom is -0.326 e. The van der Waals surface area contributed by atoms with Crippen molar-refractivity contribution in [1.29, 1.82) is 0 Å². The molecule has 0 aliphatic heterocycles. The average molecular weight is 250 g/mol. The first kappa shape index (κ1) is 12.4. The fourth-order valence-electron chi connectivity index (χ4n) is 1.77. The fraction of sp³-hybridized carbons (Fsp3) is 0.154. The maximum atomic E-state index is 13.0. The van der Waals surface area contributed by atoms with Crippen LogP contribution >= 0.6 is 0 Å². The van der Waals surface area contributed by atoms with Crippen molar-refractivity contribution in [3.63, 3.8) is 0 Å². The topological polar surface area (TPSA) is 48.0 Å². The number of aromatic nitrogens is 1. The van der Waals surface area contributed by atoms with Gasteiger partial charge >= 0.3 is 0 Å². The van der Waals surface area contributed by atoms with Gasteiger partial charge < -0.3 is 10.3 Å². The van der Waals surface area contributed by atoms with E-state index >= 15 is 0 Å². The predicted octanol–water partition coefficient (Wildman–Crippen LogP) is 1.63. The van der Waals surface area contributed by atoms with Gasteiger partial charge in [-0.2, -0.15) is 0 Å². The van der Waals surface area contributed by atoms with Crippen molar-refractivity contribution in [2.75, 3.05) is 0 Å². The lowest BCUT2D eigenvalue weighted by Crippen LogP contribution is -2.25. The van der Waals surface area contributed by atoms with E-state index in [0.29, 0.717) is 11.1 Å². The number of hydrogen-bond acceptors (Lipinski definition) is 2. The molecule has 2 aromatic rings. The second-order valence-corrected chi connectivity index (χ2v) is 3.95. The minimum absolute atomic E-state index is 0.112. The van der Waals surface area contributed by atoms with Crippen molar-refractivity contribution in [3.05, 3.63) is 69.6 Å². The third kappa shape index (κ3) is 2.62. The van der Waals surface area contributed by atoms with Gasteiger partial charge in [0.05, 0.1) is 6.54 Å². The van der Waals surface area contributed by atoms with E-state index in [2.05, 4.69) is 0 Å². The summed E-state index contributed by atoms with van der Waals surface area (Å²) >= 11 is 0. The molecule has 0 unspecified atom stereocenters. The van der Waals surface area contributed by atoms with Gasteiger partial charge in [0.25, 0.3) is 5.56 Å². The molecule has 0 aliphatic rings. The highest BCUT2D eigenvalue weighted by molar-refractivity contribution is 5.19. The molecule has 94 valence electrons. The molecule has 0 radical (unpaired) electrons. The van der Waals surface area contributed by atoms with Gasteiger partial charge in [-0.3, -0.25) is 4.79 Å². The summed E-state index contributed by atoms with van der Waals surface area (Å²) in [6.07, 6.45) is 1.56. The Balaban J connectivity index is 2.37. The summed E-state index contributed by atoms with van der Waals surface area (Å²) in [5.41, 5.74) is 6.04. The molecule has 2 N–H and O–H groups in total. The molecule has 0 saturated carbocycles. The normalized spacial score (nSPS) is 10.6. The van der Waals surface area contributed by atoms with Gasteiger partial charge in [0.1, 0.15) is 11.6 Å². The van der Waals surface area contributed by atoms with E-state index in [1.165, 1.54) is 16.7 Å². The van der Waals surface area contributed by atoms with Crippen LogP contribution in [0.4, 0.5) is 8.78 Å². The smallest absolute Gasteiger partial charge is 0.255 e. The number of benzene rings is 1. The van der Waals surface area contributed by atoms with Crippen molar-refractivity contribution in [2.24, 2.45) is 5.73 Å². The molecule has 0 bridgehead atoms. The van der Waals surface area contributed by atoms with Crippen LogP contribution in [0, 0.1) is 11.6 Å². The first-order valence-electron chi connectivity index (χ1n) is 5.43.